The molecule has 0 bridgehead atoms. The Balaban J connectivity index is 2.10. The Morgan fingerprint density at radius 3 is 2.20 bits per heavy atom. The monoisotopic (exact) mass is 280 g/mol. The predicted molar refractivity (Wildman–Crippen MR) is 88.1 cm³/mol. The largest absolute Gasteiger partial charge is 0.308 e. The zero-order valence-corrected chi connectivity index (χ0v) is 14.4. The van der Waals surface area contributed by atoms with Crippen LogP contribution in [0.25, 0.3) is 0 Å². The third-order valence-corrected chi connectivity index (χ3v) is 6.17. The molecule has 2 fully saturated rings. The van der Waals surface area contributed by atoms with Crippen molar-refractivity contribution in [2.45, 2.75) is 90.8 Å². The molecular weight excluding hydrogens is 244 g/mol. The normalized spacial score (nSPS) is 35.4. The van der Waals surface area contributed by atoms with Gasteiger partial charge in [0.2, 0.25) is 0 Å². The Kier molecular flexibility index (Phi) is 5.53. The molecular formula is C18H36N2. The Bertz CT molecular complexity index is 288. The molecule has 118 valence electrons. The molecule has 20 heavy (non-hydrogen) atoms. The summed E-state index contributed by atoms with van der Waals surface area (Å²) in [4.78, 5) is 2.90. The van der Waals surface area contributed by atoms with Crippen molar-refractivity contribution < 1.29 is 0 Å². The molecule has 1 saturated carbocycles. The van der Waals surface area contributed by atoms with Crippen LogP contribution in [0.5, 0.6) is 0 Å². The van der Waals surface area contributed by atoms with Crippen LogP contribution in [0.4, 0.5) is 0 Å². The molecule has 0 radical (unpaired) electrons. The lowest BCUT2D eigenvalue weighted by molar-refractivity contribution is 0.000665. The average Bonchev–Trinajstić information content (AvgIpc) is 2.47. The summed E-state index contributed by atoms with van der Waals surface area (Å²) in [6.45, 7) is 14.4. The number of piperazine rings is 1. The maximum absolute atomic E-state index is 3.90. The van der Waals surface area contributed by atoms with Gasteiger partial charge >= 0.3 is 0 Å². The molecule has 0 aromatic heterocycles. The Hall–Kier alpha value is -0.0800. The number of nitrogens with one attached hydrogen (secondary N) is 1. The van der Waals surface area contributed by atoms with Gasteiger partial charge in [-0.3, -0.25) is 4.90 Å². The van der Waals surface area contributed by atoms with Crippen molar-refractivity contribution in [3.05, 3.63) is 0 Å². The van der Waals surface area contributed by atoms with Gasteiger partial charge in [0.15, 0.2) is 0 Å². The first kappa shape index (κ1) is 16.3. The summed E-state index contributed by atoms with van der Waals surface area (Å²) < 4.78 is 0. The van der Waals surface area contributed by atoms with Crippen LogP contribution in [0, 0.1) is 11.8 Å². The van der Waals surface area contributed by atoms with E-state index in [1.807, 2.05) is 0 Å². The summed E-state index contributed by atoms with van der Waals surface area (Å²) in [5.74, 6) is 1.71. The average molecular weight is 280 g/mol. The van der Waals surface area contributed by atoms with E-state index in [1.54, 1.807) is 0 Å². The number of nitrogens with zero attached hydrogens (tertiary/aromatic N) is 1. The molecule has 2 aliphatic rings. The van der Waals surface area contributed by atoms with E-state index in [1.165, 1.54) is 51.6 Å². The SMILES string of the molecule is CCC1(CC)CN(C2CCC(C)CC2)C(C(C)C)CN1. The Morgan fingerprint density at radius 1 is 1.10 bits per heavy atom. The van der Waals surface area contributed by atoms with E-state index >= 15 is 0 Å². The van der Waals surface area contributed by atoms with E-state index in [0.29, 0.717) is 5.54 Å². The van der Waals surface area contributed by atoms with Gasteiger partial charge in [0, 0.05) is 30.7 Å². The zero-order chi connectivity index (χ0) is 14.8. The molecule has 2 rings (SSSR count). The van der Waals surface area contributed by atoms with Crippen molar-refractivity contribution in [1.29, 1.82) is 0 Å². The van der Waals surface area contributed by atoms with Gasteiger partial charge in [-0.2, -0.15) is 0 Å². The molecule has 1 heterocycles. The first-order valence-corrected chi connectivity index (χ1v) is 9.02. The summed E-state index contributed by atoms with van der Waals surface area (Å²) in [5, 5.41) is 3.90. The smallest absolute Gasteiger partial charge is 0.0304 e. The van der Waals surface area contributed by atoms with Gasteiger partial charge in [-0.05, 0) is 50.4 Å². The summed E-state index contributed by atoms with van der Waals surface area (Å²) in [6, 6.07) is 1.58. The summed E-state index contributed by atoms with van der Waals surface area (Å²) >= 11 is 0. The van der Waals surface area contributed by atoms with Crippen LogP contribution in [-0.2, 0) is 0 Å². The van der Waals surface area contributed by atoms with Crippen molar-refractivity contribution in [3.63, 3.8) is 0 Å². The van der Waals surface area contributed by atoms with Crippen LogP contribution >= 0.6 is 0 Å². The van der Waals surface area contributed by atoms with E-state index in [4.69, 9.17) is 0 Å². The van der Waals surface area contributed by atoms with E-state index in [9.17, 15) is 0 Å². The van der Waals surface area contributed by atoms with Crippen LogP contribution in [0.1, 0.15) is 73.1 Å². The maximum atomic E-state index is 3.90. The summed E-state index contributed by atoms with van der Waals surface area (Å²) in [7, 11) is 0. The second-order valence-corrected chi connectivity index (χ2v) is 7.77. The molecule has 1 atom stereocenters. The van der Waals surface area contributed by atoms with E-state index in [-0.39, 0.29) is 0 Å². The predicted octanol–water partition coefficient (Wildman–Crippen LogP) is 4.05. The second kappa shape index (κ2) is 6.79. The van der Waals surface area contributed by atoms with Gasteiger partial charge in [-0.25, -0.2) is 0 Å². The fraction of sp³-hybridized carbons (Fsp3) is 1.00. The fourth-order valence-electron chi connectivity index (χ4n) is 4.28. The van der Waals surface area contributed by atoms with Gasteiger partial charge in [-0.1, -0.05) is 34.6 Å². The number of hydrogen-bond acceptors (Lipinski definition) is 2. The second-order valence-electron chi connectivity index (χ2n) is 7.77. The highest BCUT2D eigenvalue weighted by Crippen LogP contribution is 2.33. The van der Waals surface area contributed by atoms with Crippen molar-refractivity contribution in [2.24, 2.45) is 11.8 Å². The molecule has 1 N–H and O–H groups in total. The molecule has 2 nitrogen and oxygen atoms in total. The third kappa shape index (κ3) is 3.39. The Morgan fingerprint density at radius 2 is 1.70 bits per heavy atom. The first-order chi connectivity index (χ1) is 9.51. The topological polar surface area (TPSA) is 15.3 Å². The molecule has 1 aliphatic heterocycles. The molecule has 2 heteroatoms. The fourth-order valence-corrected chi connectivity index (χ4v) is 4.28. The Labute approximate surface area is 126 Å². The first-order valence-electron chi connectivity index (χ1n) is 9.02. The minimum Gasteiger partial charge on any atom is -0.308 e. The highest BCUT2D eigenvalue weighted by Gasteiger charge is 2.41. The van der Waals surface area contributed by atoms with E-state index in [2.05, 4.69) is 44.8 Å². The highest BCUT2D eigenvalue weighted by atomic mass is 15.3. The minimum atomic E-state index is 0.369. The molecule has 1 saturated heterocycles. The van der Waals surface area contributed by atoms with Crippen molar-refractivity contribution in [3.8, 4) is 0 Å². The van der Waals surface area contributed by atoms with Crippen LogP contribution in [-0.4, -0.2) is 35.6 Å². The lowest BCUT2D eigenvalue weighted by Gasteiger charge is -2.52. The molecule has 1 aliphatic carbocycles. The number of rotatable bonds is 4. The summed E-state index contributed by atoms with van der Waals surface area (Å²) in [6.07, 6.45) is 8.24. The van der Waals surface area contributed by atoms with E-state index < -0.39 is 0 Å². The zero-order valence-electron chi connectivity index (χ0n) is 14.4. The molecule has 0 amide bonds. The summed E-state index contributed by atoms with van der Waals surface area (Å²) in [5.41, 5.74) is 0.369. The van der Waals surface area contributed by atoms with Gasteiger partial charge in [-0.15, -0.1) is 0 Å². The van der Waals surface area contributed by atoms with Crippen molar-refractivity contribution in [1.82, 2.24) is 10.2 Å². The van der Waals surface area contributed by atoms with Gasteiger partial charge in [0.1, 0.15) is 0 Å². The van der Waals surface area contributed by atoms with Crippen LogP contribution < -0.4 is 5.32 Å². The molecule has 0 aromatic rings. The van der Waals surface area contributed by atoms with Gasteiger partial charge in [0.05, 0.1) is 0 Å². The number of hydrogen-bond donors (Lipinski definition) is 1. The minimum absolute atomic E-state index is 0.369. The van der Waals surface area contributed by atoms with E-state index in [0.717, 1.165) is 23.9 Å². The van der Waals surface area contributed by atoms with Gasteiger partial charge < -0.3 is 5.32 Å². The van der Waals surface area contributed by atoms with Gasteiger partial charge in [0.25, 0.3) is 0 Å². The maximum Gasteiger partial charge on any atom is 0.0304 e. The molecule has 0 aromatic carbocycles. The lowest BCUT2D eigenvalue weighted by Crippen LogP contribution is -2.67. The standard InChI is InChI=1S/C18H36N2/c1-6-18(7-2)13-20(17(12-19-18)14(3)4)16-10-8-15(5)9-11-16/h14-17,19H,6-13H2,1-5H3. The lowest BCUT2D eigenvalue weighted by atomic mass is 9.81. The van der Waals surface area contributed by atoms with Crippen LogP contribution in [0.2, 0.25) is 0 Å². The highest BCUT2D eigenvalue weighted by molar-refractivity contribution is 5.00. The van der Waals surface area contributed by atoms with Crippen molar-refractivity contribution in [2.75, 3.05) is 13.1 Å². The van der Waals surface area contributed by atoms with Crippen LogP contribution in [0.15, 0.2) is 0 Å². The molecule has 1 unspecified atom stereocenters. The quantitative estimate of drug-likeness (QED) is 0.835. The molecule has 0 spiro atoms. The third-order valence-electron chi connectivity index (χ3n) is 6.17. The van der Waals surface area contributed by atoms with Crippen molar-refractivity contribution >= 4 is 0 Å². The van der Waals surface area contributed by atoms with Crippen LogP contribution in [0.3, 0.4) is 0 Å².